The number of aromatic nitrogens is 1. The Morgan fingerprint density at radius 3 is 2.62 bits per heavy atom. The monoisotopic (exact) mass is 352 g/mol. The molecule has 0 saturated carbocycles. The maximum absolute atomic E-state index is 12.6. The van der Waals surface area contributed by atoms with Gasteiger partial charge in [-0.1, -0.05) is 12.1 Å². The molecule has 4 rings (SSSR count). The molecule has 1 fully saturated rings. The van der Waals surface area contributed by atoms with Gasteiger partial charge in [0.1, 0.15) is 5.75 Å². The van der Waals surface area contributed by atoms with E-state index in [1.807, 2.05) is 24.3 Å². The van der Waals surface area contributed by atoms with Gasteiger partial charge in [0, 0.05) is 44.3 Å². The number of ether oxygens (including phenoxy) is 1. The summed E-state index contributed by atoms with van der Waals surface area (Å²) >= 11 is 0. The van der Waals surface area contributed by atoms with Gasteiger partial charge in [-0.15, -0.1) is 0 Å². The van der Waals surface area contributed by atoms with E-state index < -0.39 is 6.10 Å². The number of carbonyl (C=O) groups excluding carboxylic acids is 2. The summed E-state index contributed by atoms with van der Waals surface area (Å²) in [6.45, 7) is 2.78. The smallest absolute Gasteiger partial charge is 0.266 e. The maximum atomic E-state index is 12.6. The Labute approximate surface area is 151 Å². The van der Waals surface area contributed by atoms with Gasteiger partial charge in [0.25, 0.3) is 5.91 Å². The van der Waals surface area contributed by atoms with Crippen molar-refractivity contribution in [3.8, 4) is 5.75 Å². The van der Waals surface area contributed by atoms with Crippen molar-refractivity contribution >= 4 is 23.2 Å². The number of hydrogen-bond acceptors (Lipinski definition) is 5. The van der Waals surface area contributed by atoms with Gasteiger partial charge in [0.05, 0.1) is 12.1 Å². The van der Waals surface area contributed by atoms with Gasteiger partial charge in [-0.3, -0.25) is 14.6 Å². The maximum Gasteiger partial charge on any atom is 0.266 e. The van der Waals surface area contributed by atoms with Crippen LogP contribution in [0.4, 0.5) is 11.4 Å². The molecule has 134 valence electrons. The van der Waals surface area contributed by atoms with E-state index in [1.54, 1.807) is 29.4 Å². The van der Waals surface area contributed by atoms with Crippen LogP contribution in [0.25, 0.3) is 0 Å². The third kappa shape index (κ3) is 3.33. The number of anilines is 2. The third-order valence-corrected chi connectivity index (χ3v) is 4.73. The first-order valence-corrected chi connectivity index (χ1v) is 8.70. The molecule has 7 heteroatoms. The number of benzene rings is 1. The number of piperazine rings is 1. The van der Waals surface area contributed by atoms with Gasteiger partial charge in [-0.2, -0.15) is 0 Å². The first-order chi connectivity index (χ1) is 12.7. The van der Waals surface area contributed by atoms with Crippen LogP contribution in [0, 0.1) is 0 Å². The van der Waals surface area contributed by atoms with Crippen molar-refractivity contribution in [2.24, 2.45) is 0 Å². The molecule has 26 heavy (non-hydrogen) atoms. The summed E-state index contributed by atoms with van der Waals surface area (Å²) in [5, 5.41) is 2.80. The van der Waals surface area contributed by atoms with E-state index in [1.165, 1.54) is 0 Å². The molecule has 1 N–H and O–H groups in total. The Balaban J connectivity index is 1.34. The molecule has 1 aromatic carbocycles. The third-order valence-electron chi connectivity index (χ3n) is 4.73. The summed E-state index contributed by atoms with van der Waals surface area (Å²) in [5.41, 5.74) is 1.76. The van der Waals surface area contributed by atoms with E-state index in [9.17, 15) is 9.59 Å². The number of carbonyl (C=O) groups is 2. The van der Waals surface area contributed by atoms with Crippen molar-refractivity contribution in [1.82, 2.24) is 9.88 Å². The van der Waals surface area contributed by atoms with Crippen LogP contribution in [-0.2, 0) is 9.59 Å². The number of nitrogens with zero attached hydrogens (tertiary/aromatic N) is 3. The number of nitrogens with one attached hydrogen (secondary N) is 1. The number of hydrogen-bond donors (Lipinski definition) is 1. The quantitative estimate of drug-likeness (QED) is 0.907. The zero-order valence-electron chi connectivity index (χ0n) is 14.3. The van der Waals surface area contributed by atoms with Gasteiger partial charge in [0.15, 0.2) is 6.10 Å². The molecule has 0 unspecified atom stereocenters. The molecule has 0 radical (unpaired) electrons. The largest absolute Gasteiger partial charge is 0.478 e. The van der Waals surface area contributed by atoms with Crippen molar-refractivity contribution in [3.05, 3.63) is 48.8 Å². The van der Waals surface area contributed by atoms with Crippen LogP contribution in [0.2, 0.25) is 0 Å². The SMILES string of the molecule is O=C1Nc2ccccc2O[C@H]1CC(=O)N1CCN(c2ccncc2)CC1. The van der Waals surface area contributed by atoms with Crippen molar-refractivity contribution in [2.45, 2.75) is 12.5 Å². The zero-order valence-corrected chi connectivity index (χ0v) is 14.3. The van der Waals surface area contributed by atoms with E-state index >= 15 is 0 Å². The van der Waals surface area contributed by atoms with Crippen molar-refractivity contribution in [3.63, 3.8) is 0 Å². The van der Waals surface area contributed by atoms with Gasteiger partial charge < -0.3 is 19.9 Å². The fourth-order valence-electron chi connectivity index (χ4n) is 3.28. The normalized spacial score (nSPS) is 19.4. The van der Waals surface area contributed by atoms with Crippen molar-refractivity contribution < 1.29 is 14.3 Å². The van der Waals surface area contributed by atoms with Crippen molar-refractivity contribution in [1.29, 1.82) is 0 Å². The molecular formula is C19H20N4O3. The summed E-state index contributed by atoms with van der Waals surface area (Å²) in [4.78, 5) is 32.9. The van der Waals surface area contributed by atoms with Gasteiger partial charge in [-0.25, -0.2) is 0 Å². The minimum absolute atomic E-state index is 0.0510. The lowest BCUT2D eigenvalue weighted by atomic mass is 10.1. The molecule has 0 bridgehead atoms. The van der Waals surface area contributed by atoms with Gasteiger partial charge >= 0.3 is 0 Å². The molecule has 2 aliphatic heterocycles. The number of fused-ring (bicyclic) bond motifs is 1. The first kappa shape index (κ1) is 16.4. The van der Waals surface area contributed by atoms with Gasteiger partial charge in [0.2, 0.25) is 5.91 Å². The summed E-state index contributed by atoms with van der Waals surface area (Å²) in [6, 6.07) is 11.2. The lowest BCUT2D eigenvalue weighted by molar-refractivity contribution is -0.137. The van der Waals surface area contributed by atoms with E-state index in [0.717, 1.165) is 18.8 Å². The topological polar surface area (TPSA) is 74.8 Å². The Bertz CT molecular complexity index is 803. The standard InChI is InChI=1S/C19H20N4O3/c24-18(13-17-19(25)21-15-3-1-2-4-16(15)26-17)23-11-9-22(10-12-23)14-5-7-20-8-6-14/h1-8,17H,9-13H2,(H,21,25)/t17-/m0/s1. The van der Waals surface area contributed by atoms with E-state index in [4.69, 9.17) is 4.74 Å². The number of rotatable bonds is 3. The summed E-state index contributed by atoms with van der Waals surface area (Å²) in [7, 11) is 0. The van der Waals surface area contributed by atoms with Crippen LogP contribution in [0.15, 0.2) is 48.8 Å². The molecule has 1 aromatic heterocycles. The second kappa shape index (κ2) is 7.03. The second-order valence-corrected chi connectivity index (χ2v) is 6.37. The number of amides is 2. The minimum Gasteiger partial charge on any atom is -0.478 e. The van der Waals surface area contributed by atoms with Crippen LogP contribution in [-0.4, -0.2) is 54.0 Å². The molecule has 1 atom stereocenters. The van der Waals surface area contributed by atoms with Crippen LogP contribution < -0.4 is 15.0 Å². The molecule has 3 heterocycles. The molecule has 0 spiro atoms. The highest BCUT2D eigenvalue weighted by atomic mass is 16.5. The predicted octanol–water partition coefficient (Wildman–Crippen LogP) is 1.52. The van der Waals surface area contributed by atoms with Crippen LogP contribution in [0.3, 0.4) is 0 Å². The molecule has 2 amide bonds. The Morgan fingerprint density at radius 1 is 1.12 bits per heavy atom. The Morgan fingerprint density at radius 2 is 1.85 bits per heavy atom. The average molecular weight is 352 g/mol. The zero-order chi connectivity index (χ0) is 17.9. The highest BCUT2D eigenvalue weighted by Crippen LogP contribution is 2.29. The summed E-state index contributed by atoms with van der Waals surface area (Å²) in [6.07, 6.45) is 2.80. The Kier molecular flexibility index (Phi) is 4.43. The molecular weight excluding hydrogens is 332 g/mol. The number of pyridine rings is 1. The summed E-state index contributed by atoms with van der Waals surface area (Å²) < 4.78 is 5.72. The Hall–Kier alpha value is -3.09. The molecule has 0 aliphatic carbocycles. The summed E-state index contributed by atoms with van der Waals surface area (Å²) in [5.74, 6) is 0.277. The minimum atomic E-state index is -0.782. The lowest BCUT2D eigenvalue weighted by Crippen LogP contribution is -2.50. The fraction of sp³-hybridized carbons (Fsp3) is 0.316. The highest BCUT2D eigenvalue weighted by Gasteiger charge is 2.32. The molecule has 1 saturated heterocycles. The highest BCUT2D eigenvalue weighted by molar-refractivity contribution is 5.99. The van der Waals surface area contributed by atoms with Crippen LogP contribution in [0.1, 0.15) is 6.42 Å². The predicted molar refractivity (Wildman–Crippen MR) is 97.1 cm³/mol. The molecule has 2 aliphatic rings. The lowest BCUT2D eigenvalue weighted by Gasteiger charge is -2.36. The van der Waals surface area contributed by atoms with Gasteiger partial charge in [-0.05, 0) is 24.3 Å². The molecule has 2 aromatic rings. The molecule has 7 nitrogen and oxygen atoms in total. The van der Waals surface area contributed by atoms with E-state index in [0.29, 0.717) is 24.5 Å². The first-order valence-electron chi connectivity index (χ1n) is 8.70. The second-order valence-electron chi connectivity index (χ2n) is 6.37. The van der Waals surface area contributed by atoms with Crippen LogP contribution in [0.5, 0.6) is 5.75 Å². The van der Waals surface area contributed by atoms with Crippen LogP contribution >= 0.6 is 0 Å². The number of para-hydroxylation sites is 2. The van der Waals surface area contributed by atoms with E-state index in [-0.39, 0.29) is 18.2 Å². The van der Waals surface area contributed by atoms with E-state index in [2.05, 4.69) is 15.2 Å². The fourth-order valence-corrected chi connectivity index (χ4v) is 3.28. The average Bonchev–Trinajstić information content (AvgIpc) is 2.69. The van der Waals surface area contributed by atoms with Crippen molar-refractivity contribution in [2.75, 3.05) is 36.4 Å².